The number of nitrogens with one attached hydrogen (secondary N) is 1. The number of thioether (sulfide) groups is 1. The van der Waals surface area contributed by atoms with Crippen LogP contribution < -0.4 is 5.32 Å². The van der Waals surface area contributed by atoms with E-state index in [1.54, 1.807) is 29.2 Å². The lowest BCUT2D eigenvalue weighted by Crippen LogP contribution is -2.51. The van der Waals surface area contributed by atoms with Gasteiger partial charge in [-0.2, -0.15) is 0 Å². The van der Waals surface area contributed by atoms with Crippen molar-refractivity contribution < 1.29 is 9.59 Å². The maximum atomic E-state index is 13.6. The molecule has 1 atom stereocenters. The van der Waals surface area contributed by atoms with Gasteiger partial charge in [-0.3, -0.25) is 9.59 Å². The summed E-state index contributed by atoms with van der Waals surface area (Å²) in [6.45, 7) is 2.53. The number of nitrogens with zero attached hydrogens (tertiary/aromatic N) is 1. The van der Waals surface area contributed by atoms with Crippen LogP contribution in [-0.2, 0) is 28.3 Å². The molecule has 1 N–H and O–H groups in total. The molecule has 36 heavy (non-hydrogen) atoms. The summed E-state index contributed by atoms with van der Waals surface area (Å²) >= 11 is 26.0. The van der Waals surface area contributed by atoms with Crippen molar-refractivity contribution in [1.29, 1.82) is 0 Å². The van der Waals surface area contributed by atoms with E-state index < -0.39 is 6.04 Å². The maximum absolute atomic E-state index is 13.6. The number of rotatable bonds is 11. The SMILES string of the molecule is CCNC(=O)[C@H](Cc1ccccc1)N(Cc1ccc(Cl)c(Cl)c1)C(=O)CSCc1ccc(Cl)cc1Cl. The molecule has 0 fully saturated rings. The van der Waals surface area contributed by atoms with Crippen LogP contribution in [0.25, 0.3) is 0 Å². The van der Waals surface area contributed by atoms with Crippen LogP contribution in [0.15, 0.2) is 66.7 Å². The van der Waals surface area contributed by atoms with Gasteiger partial charge in [-0.15, -0.1) is 11.8 Å². The molecule has 190 valence electrons. The summed E-state index contributed by atoms with van der Waals surface area (Å²) < 4.78 is 0. The molecular formula is C27H26Cl4N2O2S. The monoisotopic (exact) mass is 582 g/mol. The number of hydrogen-bond donors (Lipinski definition) is 1. The molecule has 0 aliphatic heterocycles. The van der Waals surface area contributed by atoms with E-state index in [1.807, 2.05) is 49.4 Å². The van der Waals surface area contributed by atoms with Crippen LogP contribution >= 0.6 is 58.2 Å². The Morgan fingerprint density at radius 1 is 0.889 bits per heavy atom. The third-order valence-electron chi connectivity index (χ3n) is 5.46. The summed E-state index contributed by atoms with van der Waals surface area (Å²) in [5.74, 6) is 0.335. The highest BCUT2D eigenvalue weighted by molar-refractivity contribution is 7.99. The third-order valence-corrected chi connectivity index (χ3v) is 7.75. The first-order chi connectivity index (χ1) is 17.3. The first-order valence-corrected chi connectivity index (χ1v) is 14.0. The summed E-state index contributed by atoms with van der Waals surface area (Å²) in [7, 11) is 0. The van der Waals surface area contributed by atoms with Gasteiger partial charge in [-0.1, -0.05) is 88.9 Å². The molecule has 4 nitrogen and oxygen atoms in total. The fraction of sp³-hybridized carbons (Fsp3) is 0.259. The summed E-state index contributed by atoms with van der Waals surface area (Å²) in [5.41, 5.74) is 2.63. The van der Waals surface area contributed by atoms with Crippen molar-refractivity contribution in [2.75, 3.05) is 12.3 Å². The molecule has 3 aromatic carbocycles. The Morgan fingerprint density at radius 2 is 1.64 bits per heavy atom. The number of likely N-dealkylation sites (N-methyl/N-ethyl adjacent to an activating group) is 1. The van der Waals surface area contributed by atoms with E-state index in [9.17, 15) is 9.59 Å². The van der Waals surface area contributed by atoms with E-state index in [0.717, 1.165) is 16.7 Å². The second kappa shape index (κ2) is 14.2. The quantitative estimate of drug-likeness (QED) is 0.257. The fourth-order valence-electron chi connectivity index (χ4n) is 3.65. The minimum absolute atomic E-state index is 0.164. The van der Waals surface area contributed by atoms with Crippen LogP contribution in [0.4, 0.5) is 0 Å². The molecule has 0 bridgehead atoms. The van der Waals surface area contributed by atoms with E-state index in [-0.39, 0.29) is 24.1 Å². The fourth-order valence-corrected chi connectivity index (χ4v) is 5.44. The average Bonchev–Trinajstić information content (AvgIpc) is 2.85. The Morgan fingerprint density at radius 3 is 2.31 bits per heavy atom. The maximum Gasteiger partial charge on any atom is 0.243 e. The van der Waals surface area contributed by atoms with Crippen molar-refractivity contribution in [3.8, 4) is 0 Å². The van der Waals surface area contributed by atoms with Gasteiger partial charge in [0.25, 0.3) is 0 Å². The summed E-state index contributed by atoms with van der Waals surface area (Å²) in [4.78, 5) is 28.4. The van der Waals surface area contributed by atoms with Crippen molar-refractivity contribution in [1.82, 2.24) is 10.2 Å². The second-order valence-corrected chi connectivity index (χ2v) is 10.7. The smallest absolute Gasteiger partial charge is 0.243 e. The summed E-state index contributed by atoms with van der Waals surface area (Å²) in [6.07, 6.45) is 0.382. The standard InChI is InChI=1S/C27H26Cl4N2O2S/c1-2-32-27(35)25(13-18-6-4-3-5-7-18)33(15-19-8-11-22(29)24(31)12-19)26(34)17-36-16-20-9-10-21(28)14-23(20)30/h3-12,14,25H,2,13,15-17H2,1H3,(H,32,35)/t25-/m0/s1. The normalized spacial score (nSPS) is 11.7. The largest absolute Gasteiger partial charge is 0.355 e. The molecule has 3 rings (SSSR count). The molecule has 0 aliphatic carbocycles. The molecule has 2 amide bonds. The van der Waals surface area contributed by atoms with Crippen LogP contribution in [0.2, 0.25) is 20.1 Å². The van der Waals surface area contributed by atoms with Gasteiger partial charge in [0.15, 0.2) is 0 Å². The van der Waals surface area contributed by atoms with Gasteiger partial charge in [0.05, 0.1) is 15.8 Å². The Kier molecular flexibility index (Phi) is 11.3. The van der Waals surface area contributed by atoms with Crippen LogP contribution in [-0.4, -0.2) is 35.1 Å². The highest BCUT2D eigenvalue weighted by Crippen LogP contribution is 2.27. The van der Waals surface area contributed by atoms with E-state index >= 15 is 0 Å². The molecule has 3 aromatic rings. The van der Waals surface area contributed by atoms with Crippen LogP contribution in [0.1, 0.15) is 23.6 Å². The molecule has 0 radical (unpaired) electrons. The van der Waals surface area contributed by atoms with Gasteiger partial charge in [-0.05, 0) is 47.9 Å². The number of benzene rings is 3. The van der Waals surface area contributed by atoms with Gasteiger partial charge in [-0.25, -0.2) is 0 Å². The number of amides is 2. The molecule has 0 aliphatic rings. The van der Waals surface area contributed by atoms with Gasteiger partial charge < -0.3 is 10.2 Å². The van der Waals surface area contributed by atoms with Crippen molar-refractivity contribution in [3.05, 3.63) is 104 Å². The Labute approximate surface area is 236 Å². The predicted molar refractivity (Wildman–Crippen MR) is 152 cm³/mol. The van der Waals surface area contributed by atoms with Gasteiger partial charge >= 0.3 is 0 Å². The third kappa shape index (κ3) is 8.32. The van der Waals surface area contributed by atoms with E-state index in [4.69, 9.17) is 46.4 Å². The van der Waals surface area contributed by atoms with E-state index in [1.165, 1.54) is 11.8 Å². The van der Waals surface area contributed by atoms with Gasteiger partial charge in [0, 0.05) is 35.3 Å². The van der Waals surface area contributed by atoms with Gasteiger partial charge in [0.1, 0.15) is 6.04 Å². The van der Waals surface area contributed by atoms with Crippen molar-refractivity contribution in [3.63, 3.8) is 0 Å². The lowest BCUT2D eigenvalue weighted by atomic mass is 10.0. The number of carbonyl (C=O) groups is 2. The highest BCUT2D eigenvalue weighted by atomic mass is 35.5. The first-order valence-electron chi connectivity index (χ1n) is 11.3. The van der Waals surface area contributed by atoms with Crippen LogP contribution in [0.5, 0.6) is 0 Å². The van der Waals surface area contributed by atoms with Crippen molar-refractivity contribution in [2.45, 2.75) is 31.7 Å². The van der Waals surface area contributed by atoms with Gasteiger partial charge in [0.2, 0.25) is 11.8 Å². The lowest BCUT2D eigenvalue weighted by Gasteiger charge is -2.31. The zero-order valence-corrected chi connectivity index (χ0v) is 23.5. The minimum atomic E-state index is -0.700. The molecule has 0 heterocycles. The molecule has 0 aromatic heterocycles. The van der Waals surface area contributed by atoms with Crippen LogP contribution in [0.3, 0.4) is 0 Å². The summed E-state index contributed by atoms with van der Waals surface area (Å²) in [6, 6.07) is 19.5. The molecule has 0 spiro atoms. The second-order valence-electron chi connectivity index (χ2n) is 8.10. The molecule has 0 saturated carbocycles. The van der Waals surface area contributed by atoms with E-state index in [0.29, 0.717) is 38.8 Å². The average molecular weight is 584 g/mol. The van der Waals surface area contributed by atoms with Crippen molar-refractivity contribution in [2.24, 2.45) is 0 Å². The zero-order chi connectivity index (χ0) is 26.1. The van der Waals surface area contributed by atoms with E-state index in [2.05, 4.69) is 5.32 Å². The van der Waals surface area contributed by atoms with Crippen LogP contribution in [0, 0.1) is 0 Å². The Bertz CT molecular complexity index is 1190. The number of carbonyl (C=O) groups excluding carboxylic acids is 2. The lowest BCUT2D eigenvalue weighted by molar-refractivity contribution is -0.139. The predicted octanol–water partition coefficient (Wildman–Crippen LogP) is 7.31. The molecular weight excluding hydrogens is 558 g/mol. The Balaban J connectivity index is 1.85. The number of hydrogen-bond acceptors (Lipinski definition) is 3. The molecule has 9 heteroatoms. The molecule has 0 unspecified atom stereocenters. The summed E-state index contributed by atoms with van der Waals surface area (Å²) in [5, 5.41) is 4.82. The first kappa shape index (κ1) is 28.7. The highest BCUT2D eigenvalue weighted by Gasteiger charge is 2.30. The number of halogens is 4. The molecule has 0 saturated heterocycles. The topological polar surface area (TPSA) is 49.4 Å². The Hall–Kier alpha value is -1.89. The minimum Gasteiger partial charge on any atom is -0.355 e. The van der Waals surface area contributed by atoms with Crippen molar-refractivity contribution >= 4 is 70.0 Å². The zero-order valence-electron chi connectivity index (χ0n) is 19.6.